The maximum Gasteiger partial charge on any atom is 0.341 e. The largest absolute Gasteiger partial charge is 0.449 e. The van der Waals surface area contributed by atoms with Gasteiger partial charge in [-0.3, -0.25) is 4.79 Å². The van der Waals surface area contributed by atoms with E-state index in [1.807, 2.05) is 0 Å². The van der Waals surface area contributed by atoms with Gasteiger partial charge in [-0.1, -0.05) is 0 Å². The Balaban J connectivity index is 3.09. The van der Waals surface area contributed by atoms with E-state index in [0.29, 0.717) is 6.54 Å². The van der Waals surface area contributed by atoms with Crippen LogP contribution in [0.25, 0.3) is 0 Å². The van der Waals surface area contributed by atoms with Gasteiger partial charge in [0.2, 0.25) is 10.0 Å². The molecule has 0 bridgehead atoms. The number of halogens is 1. The summed E-state index contributed by atoms with van der Waals surface area (Å²) in [7, 11) is -1.20. The zero-order valence-corrected chi connectivity index (χ0v) is 14.1. The molecule has 1 aromatic carbocycles. The highest BCUT2D eigenvalue weighted by Crippen LogP contribution is 2.19. The number of ether oxygens (including phenoxy) is 1. The Morgan fingerprint density at radius 1 is 1.35 bits per heavy atom. The van der Waals surface area contributed by atoms with Crippen LogP contribution < -0.4 is 5.32 Å². The number of benzene rings is 1. The van der Waals surface area contributed by atoms with Gasteiger partial charge in [0, 0.05) is 20.6 Å². The lowest BCUT2D eigenvalue weighted by atomic mass is 10.2. The van der Waals surface area contributed by atoms with E-state index in [-0.39, 0.29) is 4.90 Å². The Bertz CT molecular complexity index is 703. The molecule has 0 heterocycles. The van der Waals surface area contributed by atoms with Gasteiger partial charge in [-0.05, 0) is 32.0 Å². The van der Waals surface area contributed by atoms with Crippen LogP contribution in [0.1, 0.15) is 24.2 Å². The molecular formula is C14H19FN2O5S. The average molecular weight is 346 g/mol. The van der Waals surface area contributed by atoms with Crippen molar-refractivity contribution in [3.8, 4) is 0 Å². The molecule has 0 aromatic heterocycles. The molecule has 0 spiro atoms. The van der Waals surface area contributed by atoms with Crippen molar-refractivity contribution in [1.82, 2.24) is 9.62 Å². The molecule has 23 heavy (non-hydrogen) atoms. The summed E-state index contributed by atoms with van der Waals surface area (Å²) in [5.74, 6) is -2.58. The first kappa shape index (κ1) is 19.0. The third-order valence-corrected chi connectivity index (χ3v) is 4.75. The second-order valence-electron chi connectivity index (χ2n) is 4.87. The minimum absolute atomic E-state index is 0.249. The predicted octanol–water partition coefficient (Wildman–Crippen LogP) is 0.757. The molecule has 1 aromatic rings. The Kier molecular flexibility index (Phi) is 6.22. The first-order chi connectivity index (χ1) is 10.6. The molecular weight excluding hydrogens is 327 g/mol. The Hall–Kier alpha value is -2.00. The van der Waals surface area contributed by atoms with Crippen LogP contribution in [0.2, 0.25) is 0 Å². The van der Waals surface area contributed by atoms with E-state index in [9.17, 15) is 22.4 Å². The first-order valence-corrected chi connectivity index (χ1v) is 8.26. The lowest BCUT2D eigenvalue weighted by Crippen LogP contribution is -2.35. The summed E-state index contributed by atoms with van der Waals surface area (Å²) >= 11 is 0. The molecule has 0 unspecified atom stereocenters. The highest BCUT2D eigenvalue weighted by Gasteiger charge is 2.24. The fraction of sp³-hybridized carbons (Fsp3) is 0.429. The summed E-state index contributed by atoms with van der Waals surface area (Å²) in [5.41, 5.74) is -0.552. The van der Waals surface area contributed by atoms with Gasteiger partial charge >= 0.3 is 5.97 Å². The van der Waals surface area contributed by atoms with E-state index in [1.165, 1.54) is 21.0 Å². The minimum atomic E-state index is -3.82. The normalized spacial score (nSPS) is 12.8. The number of nitrogens with one attached hydrogen (secondary N) is 1. The SMILES string of the molecule is CCNC(=O)[C@H](C)OC(=O)c1cc(S(=O)(=O)N(C)C)ccc1F. The van der Waals surface area contributed by atoms with Gasteiger partial charge in [0.05, 0.1) is 10.5 Å². The summed E-state index contributed by atoms with van der Waals surface area (Å²) in [5, 5.41) is 2.45. The highest BCUT2D eigenvalue weighted by atomic mass is 32.2. The maximum atomic E-state index is 13.8. The van der Waals surface area contributed by atoms with Gasteiger partial charge in [0.15, 0.2) is 6.10 Å². The molecule has 0 aliphatic rings. The van der Waals surface area contributed by atoms with Crippen LogP contribution in [-0.4, -0.2) is 51.3 Å². The van der Waals surface area contributed by atoms with Crippen molar-refractivity contribution < 1.29 is 27.1 Å². The van der Waals surface area contributed by atoms with Crippen molar-refractivity contribution in [3.05, 3.63) is 29.6 Å². The monoisotopic (exact) mass is 346 g/mol. The van der Waals surface area contributed by atoms with Crippen molar-refractivity contribution in [3.63, 3.8) is 0 Å². The molecule has 0 saturated heterocycles. The molecule has 1 N–H and O–H groups in total. The number of esters is 1. The second kappa shape index (κ2) is 7.51. The Morgan fingerprint density at radius 2 is 1.96 bits per heavy atom. The molecule has 0 radical (unpaired) electrons. The van der Waals surface area contributed by atoms with Gasteiger partial charge in [0.25, 0.3) is 5.91 Å². The number of hydrogen-bond donors (Lipinski definition) is 1. The zero-order chi connectivity index (χ0) is 17.8. The predicted molar refractivity (Wildman–Crippen MR) is 80.8 cm³/mol. The number of rotatable bonds is 6. The summed E-state index contributed by atoms with van der Waals surface area (Å²) in [6.45, 7) is 3.38. The second-order valence-corrected chi connectivity index (χ2v) is 7.02. The zero-order valence-electron chi connectivity index (χ0n) is 13.3. The lowest BCUT2D eigenvalue weighted by Gasteiger charge is -2.15. The topological polar surface area (TPSA) is 92.8 Å². The smallest absolute Gasteiger partial charge is 0.341 e. The van der Waals surface area contributed by atoms with Gasteiger partial charge < -0.3 is 10.1 Å². The Morgan fingerprint density at radius 3 is 2.48 bits per heavy atom. The van der Waals surface area contributed by atoms with Crippen molar-refractivity contribution in [2.45, 2.75) is 24.8 Å². The van der Waals surface area contributed by atoms with E-state index in [2.05, 4.69) is 5.32 Å². The van der Waals surface area contributed by atoms with Crippen LogP contribution in [0.5, 0.6) is 0 Å². The van der Waals surface area contributed by atoms with E-state index in [4.69, 9.17) is 4.74 Å². The number of likely N-dealkylation sites (N-methyl/N-ethyl adjacent to an activating group) is 1. The van der Waals surface area contributed by atoms with Crippen molar-refractivity contribution >= 4 is 21.9 Å². The van der Waals surface area contributed by atoms with E-state index in [1.54, 1.807) is 6.92 Å². The van der Waals surface area contributed by atoms with Gasteiger partial charge in [-0.25, -0.2) is 21.9 Å². The molecule has 0 aliphatic heterocycles. The number of carbonyl (C=O) groups excluding carboxylic acids is 2. The third-order valence-electron chi connectivity index (χ3n) is 2.94. The summed E-state index contributed by atoms with van der Waals surface area (Å²) in [4.78, 5) is 23.3. The average Bonchev–Trinajstić information content (AvgIpc) is 2.47. The highest BCUT2D eigenvalue weighted by molar-refractivity contribution is 7.89. The molecule has 1 amide bonds. The van der Waals surface area contributed by atoms with Crippen molar-refractivity contribution in [2.24, 2.45) is 0 Å². The Labute approximate surface area is 134 Å². The molecule has 9 heteroatoms. The third kappa shape index (κ3) is 4.49. The van der Waals surface area contributed by atoms with E-state index in [0.717, 1.165) is 22.5 Å². The van der Waals surface area contributed by atoms with Crippen LogP contribution in [0.15, 0.2) is 23.1 Å². The summed E-state index contributed by atoms with van der Waals surface area (Å²) in [6.07, 6.45) is -1.13. The van der Waals surface area contributed by atoms with Gasteiger partial charge in [-0.15, -0.1) is 0 Å². The number of nitrogens with zero attached hydrogens (tertiary/aromatic N) is 1. The van der Waals surface area contributed by atoms with Crippen LogP contribution in [0.4, 0.5) is 4.39 Å². The number of amides is 1. The maximum absolute atomic E-state index is 13.8. The quantitative estimate of drug-likeness (QED) is 0.768. The molecule has 1 atom stereocenters. The fourth-order valence-electron chi connectivity index (χ4n) is 1.63. The van der Waals surface area contributed by atoms with Crippen molar-refractivity contribution in [2.75, 3.05) is 20.6 Å². The number of hydrogen-bond acceptors (Lipinski definition) is 5. The molecule has 7 nitrogen and oxygen atoms in total. The minimum Gasteiger partial charge on any atom is -0.449 e. The standard InChI is InChI=1S/C14H19FN2O5S/c1-5-16-13(18)9(2)22-14(19)11-8-10(6-7-12(11)15)23(20,21)17(3)4/h6-9H,5H2,1-4H3,(H,16,18)/t9-/m0/s1. The van der Waals surface area contributed by atoms with E-state index >= 15 is 0 Å². The summed E-state index contributed by atoms with van der Waals surface area (Å²) in [6, 6.07) is 2.80. The molecule has 128 valence electrons. The molecule has 0 saturated carbocycles. The van der Waals surface area contributed by atoms with Crippen LogP contribution in [-0.2, 0) is 19.6 Å². The lowest BCUT2D eigenvalue weighted by molar-refractivity contribution is -0.128. The molecule has 0 fully saturated rings. The van der Waals surface area contributed by atoms with E-state index < -0.39 is 39.4 Å². The van der Waals surface area contributed by atoms with Crippen LogP contribution in [0, 0.1) is 5.82 Å². The van der Waals surface area contributed by atoms with Crippen molar-refractivity contribution in [1.29, 1.82) is 0 Å². The fourth-order valence-corrected chi connectivity index (χ4v) is 2.56. The number of sulfonamides is 1. The molecule has 1 rings (SSSR count). The summed E-state index contributed by atoms with van der Waals surface area (Å²) < 4.78 is 43.6. The van der Waals surface area contributed by atoms with Crippen LogP contribution >= 0.6 is 0 Å². The molecule has 0 aliphatic carbocycles. The number of carbonyl (C=O) groups is 2. The first-order valence-electron chi connectivity index (χ1n) is 6.82. The van der Waals surface area contributed by atoms with Gasteiger partial charge in [-0.2, -0.15) is 0 Å². The van der Waals surface area contributed by atoms with Gasteiger partial charge in [0.1, 0.15) is 5.82 Å². The van der Waals surface area contributed by atoms with Crippen LogP contribution in [0.3, 0.4) is 0 Å².